The summed E-state index contributed by atoms with van der Waals surface area (Å²) in [6, 6.07) is 42.1. The van der Waals surface area contributed by atoms with Crippen LogP contribution in [-0.4, -0.2) is 195 Å². The molecule has 631 valence electrons. The summed E-state index contributed by atoms with van der Waals surface area (Å²) in [6.07, 6.45) is 12.1. The molecule has 7 aromatic heterocycles. The Morgan fingerprint density at radius 2 is 1.03 bits per heavy atom. The summed E-state index contributed by atoms with van der Waals surface area (Å²) >= 11 is 16.2. The number of aromatic carboxylic acids is 1. The zero-order valence-corrected chi connectivity index (χ0v) is 74.0. The molecule has 0 amide bonds. The van der Waals surface area contributed by atoms with Crippen LogP contribution in [0.5, 0.6) is 11.8 Å². The van der Waals surface area contributed by atoms with Gasteiger partial charge in [-0.2, -0.15) is 16.8 Å². The van der Waals surface area contributed by atoms with E-state index >= 15 is 0 Å². The van der Waals surface area contributed by atoms with Crippen molar-refractivity contribution in [2.24, 2.45) is 4.30 Å². The van der Waals surface area contributed by atoms with E-state index in [-0.39, 0.29) is 48.1 Å². The number of hydrogen-bond acceptors (Lipinski definition) is 34. The molecule has 118 heavy (non-hydrogen) atoms. The third-order valence-corrected chi connectivity index (χ3v) is 19.5. The predicted molar refractivity (Wildman–Crippen MR) is 468 cm³/mol. The van der Waals surface area contributed by atoms with Crippen LogP contribution in [0.2, 0.25) is 0 Å². The number of esters is 4. The van der Waals surface area contributed by atoms with Crippen LogP contribution in [-0.2, 0) is 39.7 Å². The van der Waals surface area contributed by atoms with E-state index in [1.807, 2.05) is 123 Å². The Morgan fingerprint density at radius 1 is 0.585 bits per heavy atom. The Hall–Kier alpha value is -8.97. The number of halogens is 3. The quantitative estimate of drug-likeness (QED) is 0.0125. The van der Waals surface area contributed by atoms with Gasteiger partial charge in [-0.3, -0.25) is 18.2 Å². The van der Waals surface area contributed by atoms with Crippen LogP contribution in [0.3, 0.4) is 0 Å². The number of nitrogens with two attached hydrogens (primary N) is 1. The fourth-order valence-electron chi connectivity index (χ4n) is 8.89. The van der Waals surface area contributed by atoms with E-state index in [1.165, 1.54) is 57.7 Å². The molecule has 0 aliphatic carbocycles. The number of anilines is 2. The third kappa shape index (κ3) is 42.6. The van der Waals surface area contributed by atoms with Crippen molar-refractivity contribution in [2.45, 2.75) is 66.6 Å². The van der Waals surface area contributed by atoms with Crippen molar-refractivity contribution in [3.63, 3.8) is 0 Å². The molecule has 2 atom stereocenters. The summed E-state index contributed by atoms with van der Waals surface area (Å²) in [5, 5.41) is 33.8. The average Bonchev–Trinajstić information content (AvgIpc) is 1.84. The molecule has 4 aromatic carbocycles. The standard InChI is InChI=1S/C20H19N3O3S.C12H10BrNO2S.C12H11NO2S.C10H14N2O.C6H7BO2.C6H6BrNO2S.C6H8N2O2S.BHNS.ClH.2H2O4S/c1-13-5-6-18(21-10-13)26-16-7-8-23(11-16)15-4-2-3-14(9-15)19-22-17(12-27-19)20(24)25;1-2-16-12(15)10-7-14-11(17-10)8-4-3-5-9(13)6-8;1-2-15-12(14)10-8-13-11(16-10)9-6-4-3-5-7-9;1-8-2-3-10(12-6-8)13-9-4-5-11-7-9;8-7(9)6-4-2-1-3-5-6;2*1-2-10-5(9)4-3-8-6(7)11-4;1-2-3;;2*1-5(2,3)4/h2-6,9-10,12,16H,7-8,11H2,1H3,(H,24,25);3-7H,2H2,1H3;3-8H,2H2,1H3;2-3,6,9,11H,4-5,7H2,1H3;1-5,8-9H;3H,2H2,1H3;3H,2H2,1H3,(H2,7,8);3H;1H;2*(H2,1,2,3,4)/t16-;;;9-;;;;;;;/m0..0......./s1. The van der Waals surface area contributed by atoms with Gasteiger partial charge < -0.3 is 59.5 Å². The Kier molecular flexibility index (Phi) is 48.7. The molecular weight excluding hydrogens is 1840 g/mol. The number of nitrogen functional groups attached to an aromatic ring is 1. The molecule has 0 bridgehead atoms. The van der Waals surface area contributed by atoms with Gasteiger partial charge in [0.15, 0.2) is 14.7 Å². The first-order valence-electron chi connectivity index (χ1n) is 34.2. The fraction of sp³-hybridized carbons (Fsp3) is 0.250. The van der Waals surface area contributed by atoms with E-state index in [0.29, 0.717) is 77.4 Å². The first-order chi connectivity index (χ1) is 55.6. The van der Waals surface area contributed by atoms with E-state index in [4.69, 9.17) is 84.4 Å². The second-order valence-electron chi connectivity index (χ2n) is 22.6. The van der Waals surface area contributed by atoms with Crippen LogP contribution in [0.4, 0.5) is 10.8 Å². The molecule has 0 unspecified atom stereocenters. The molecular formula is C72H81B2Br2ClN11O22S8. The number of thiol groups is 1. The Labute approximate surface area is 730 Å². The van der Waals surface area contributed by atoms with Gasteiger partial charge in [0.1, 0.15) is 46.7 Å². The van der Waals surface area contributed by atoms with E-state index in [0.717, 1.165) is 104 Å². The molecule has 2 saturated heterocycles. The van der Waals surface area contributed by atoms with Gasteiger partial charge in [0.05, 0.1) is 57.8 Å². The molecule has 11 aromatic rings. The number of aryl methyl sites for hydroxylation is 2. The molecule has 33 nitrogen and oxygen atoms in total. The summed E-state index contributed by atoms with van der Waals surface area (Å²) in [6.45, 7) is 16.3. The molecule has 1 radical (unpaired) electrons. The van der Waals surface area contributed by atoms with Crippen LogP contribution >= 0.6 is 114 Å². The number of aromatic nitrogens is 7. The van der Waals surface area contributed by atoms with Crippen LogP contribution in [0, 0.1) is 13.8 Å². The summed E-state index contributed by atoms with van der Waals surface area (Å²) in [5.74, 6) is -0.895. The number of benzene rings is 4. The van der Waals surface area contributed by atoms with Gasteiger partial charge in [0.25, 0.3) is 0 Å². The Morgan fingerprint density at radius 3 is 1.43 bits per heavy atom. The number of ether oxygens (including phenoxy) is 6. The fourth-order valence-corrected chi connectivity index (χ4v) is 13.4. The summed E-state index contributed by atoms with van der Waals surface area (Å²) in [4.78, 5) is 88.9. The number of hydrogen-bond donors (Lipinski definition) is 10. The number of carboxylic acid groups (broad SMARTS) is 1. The van der Waals surface area contributed by atoms with Gasteiger partial charge >= 0.3 is 82.5 Å². The van der Waals surface area contributed by atoms with Crippen LogP contribution in [0.15, 0.2) is 189 Å². The Bertz CT molecular complexity index is 4970. The van der Waals surface area contributed by atoms with E-state index < -0.39 is 33.9 Å². The van der Waals surface area contributed by atoms with Crippen molar-refractivity contribution in [3.8, 4) is 43.5 Å². The summed E-state index contributed by atoms with van der Waals surface area (Å²) in [7, 11) is -6.34. The first-order valence-corrected chi connectivity index (χ1v) is 43.1. The molecule has 0 saturated carbocycles. The number of carbonyl (C=O) groups excluding carboxylic acids is 4. The average molecular weight is 1930 g/mol. The van der Waals surface area contributed by atoms with Crippen LogP contribution in [0.1, 0.15) is 101 Å². The molecule has 2 fully saturated rings. The van der Waals surface area contributed by atoms with Crippen molar-refractivity contribution in [3.05, 3.63) is 221 Å². The van der Waals surface area contributed by atoms with Crippen molar-refractivity contribution in [2.75, 3.05) is 63.2 Å². The topological polar surface area (TPSA) is 495 Å². The maximum absolute atomic E-state index is 11.5. The van der Waals surface area contributed by atoms with Gasteiger partial charge in [-0.05, 0) is 111 Å². The number of nitrogens with zero attached hydrogens (tertiary/aromatic N) is 9. The number of carbonyl (C=O) groups is 5. The van der Waals surface area contributed by atoms with Gasteiger partial charge in [-0.25, -0.2) is 58.9 Å². The zero-order valence-electron chi connectivity index (χ0n) is 63.4. The van der Waals surface area contributed by atoms with E-state index in [2.05, 4.69) is 114 Å². The Balaban J connectivity index is 0.000000355. The summed E-state index contributed by atoms with van der Waals surface area (Å²) < 4.78 is 98.5. The minimum atomic E-state index is -4.67. The number of pyridine rings is 2. The molecule has 10 N–H and O–H groups in total. The van der Waals surface area contributed by atoms with Crippen molar-refractivity contribution < 1.29 is 103 Å². The SMILES string of the molecule is CCOC(=O)c1cnc(-c2cccc(Br)c2)s1.CCOC(=O)c1cnc(-c2ccccc2)s1.CCOC(=O)c1cnc(Br)s1.CCOC(=O)c1cnc(N)s1.Cc1ccc(O[C@H]2CCN(c3cccc(-c4nc(C(=O)O)cs4)c3)C2)nc1.Cc1ccc(O[C@H]2CCNC2)nc1.Cl.O=S(=O)(O)O.O=S(=O)(O)O.OB(O)c1ccccc1.[B]=NS. The van der Waals surface area contributed by atoms with Gasteiger partial charge in [0.2, 0.25) is 11.8 Å². The van der Waals surface area contributed by atoms with Crippen LogP contribution < -0.4 is 30.9 Å². The molecule has 2 aliphatic rings. The monoisotopic (exact) mass is 1920 g/mol. The molecule has 13 rings (SSSR count). The van der Waals surface area contributed by atoms with Crippen molar-refractivity contribution >= 4 is 195 Å². The van der Waals surface area contributed by atoms with Gasteiger partial charge in [0, 0.05) is 76.3 Å². The second kappa shape index (κ2) is 55.7. The molecule has 2 aliphatic heterocycles. The number of thiazole rings is 5. The molecule has 9 heterocycles. The van der Waals surface area contributed by atoms with Gasteiger partial charge in [-0.15, -0.1) is 57.8 Å². The maximum atomic E-state index is 11.5. The van der Waals surface area contributed by atoms with Gasteiger partial charge in [-0.1, -0.05) is 124 Å². The zero-order chi connectivity index (χ0) is 86.5. The summed E-state index contributed by atoms with van der Waals surface area (Å²) in [5.41, 5.74) is 12.2. The third-order valence-electron chi connectivity index (χ3n) is 13.8. The van der Waals surface area contributed by atoms with Crippen molar-refractivity contribution in [1.29, 1.82) is 0 Å². The molecule has 0 spiro atoms. The predicted octanol–water partition coefficient (Wildman–Crippen LogP) is 13.4. The van der Waals surface area contributed by atoms with E-state index in [1.54, 1.807) is 69.7 Å². The van der Waals surface area contributed by atoms with Crippen molar-refractivity contribution in [1.82, 2.24) is 40.2 Å². The van der Waals surface area contributed by atoms with E-state index in [9.17, 15) is 24.0 Å². The second-order valence-corrected chi connectivity index (χ2v) is 31.8. The number of rotatable bonds is 18. The number of carboxylic acids is 1. The number of nitrogens with one attached hydrogen (secondary N) is 1. The minimum absolute atomic E-state index is 0. The van der Waals surface area contributed by atoms with Crippen LogP contribution in [0.25, 0.3) is 31.7 Å². The normalized spacial score (nSPS) is 12.6. The first kappa shape index (κ1) is 103. The molecule has 46 heteroatoms.